The average molecular weight is 132 g/mol. The summed E-state index contributed by atoms with van der Waals surface area (Å²) < 4.78 is 1.58. The molecule has 1 saturated heterocycles. The zero-order valence-electron chi connectivity index (χ0n) is 4.46. The first kappa shape index (κ1) is 5.75. The lowest BCUT2D eigenvalue weighted by Crippen LogP contribution is -2.27. The molecule has 3 nitrogen and oxygen atoms in total. The molecule has 0 aromatic heterocycles. The highest BCUT2D eigenvalue weighted by Crippen LogP contribution is 2.18. The first-order chi connectivity index (χ1) is 3.80. The van der Waals surface area contributed by atoms with Crippen LogP contribution in [0.4, 0.5) is 4.79 Å². The second-order valence-corrected chi connectivity index (χ2v) is 2.73. The van der Waals surface area contributed by atoms with Crippen LogP contribution in [0, 0.1) is 0 Å². The highest BCUT2D eigenvalue weighted by Gasteiger charge is 2.14. The first-order valence-corrected chi connectivity index (χ1v) is 3.45. The van der Waals surface area contributed by atoms with Crippen LogP contribution in [-0.2, 0) is 0 Å². The number of hydrogen-bond acceptors (Lipinski definition) is 2. The van der Waals surface area contributed by atoms with E-state index in [-0.39, 0.29) is 6.03 Å². The van der Waals surface area contributed by atoms with Crippen LogP contribution < -0.4 is 5.73 Å². The average Bonchev–Trinajstić information content (AvgIpc) is 2.12. The summed E-state index contributed by atoms with van der Waals surface area (Å²) in [7, 11) is 0. The van der Waals surface area contributed by atoms with Gasteiger partial charge < -0.3 is 5.73 Å². The van der Waals surface area contributed by atoms with E-state index in [4.69, 9.17) is 5.73 Å². The van der Waals surface area contributed by atoms with Crippen molar-refractivity contribution in [3.63, 3.8) is 0 Å². The summed E-state index contributed by atoms with van der Waals surface area (Å²) >= 11 is 1.51. The fraction of sp³-hybridized carbons (Fsp3) is 0.750. The zero-order valence-corrected chi connectivity index (χ0v) is 5.28. The van der Waals surface area contributed by atoms with Crippen LogP contribution in [0.25, 0.3) is 0 Å². The van der Waals surface area contributed by atoms with E-state index < -0.39 is 0 Å². The first-order valence-electron chi connectivity index (χ1n) is 2.50. The van der Waals surface area contributed by atoms with Crippen LogP contribution in [0.5, 0.6) is 0 Å². The van der Waals surface area contributed by atoms with Crippen LogP contribution in [0.1, 0.15) is 6.42 Å². The number of carbonyl (C=O) groups is 1. The molecule has 0 radical (unpaired) electrons. The Balaban J connectivity index is 2.35. The van der Waals surface area contributed by atoms with E-state index in [0.717, 1.165) is 18.7 Å². The molecular formula is C4H8N2OS. The van der Waals surface area contributed by atoms with E-state index in [1.54, 1.807) is 4.31 Å². The van der Waals surface area contributed by atoms with Crippen molar-refractivity contribution in [2.75, 3.05) is 12.3 Å². The van der Waals surface area contributed by atoms with Crippen molar-refractivity contribution in [2.24, 2.45) is 5.73 Å². The van der Waals surface area contributed by atoms with Gasteiger partial charge in [0.05, 0.1) is 0 Å². The molecule has 0 spiro atoms. The van der Waals surface area contributed by atoms with Crippen LogP contribution in [0.3, 0.4) is 0 Å². The number of hydrogen-bond donors (Lipinski definition) is 1. The third-order valence-electron chi connectivity index (χ3n) is 0.998. The molecule has 46 valence electrons. The number of carbonyl (C=O) groups excluding carboxylic acids is 1. The summed E-state index contributed by atoms with van der Waals surface area (Å²) in [6, 6.07) is -0.312. The van der Waals surface area contributed by atoms with Crippen LogP contribution in [0.2, 0.25) is 0 Å². The SMILES string of the molecule is NC(=O)N1CCCS1. The lowest BCUT2D eigenvalue weighted by Gasteiger charge is -2.07. The van der Waals surface area contributed by atoms with Gasteiger partial charge in [-0.05, 0) is 18.4 Å². The lowest BCUT2D eigenvalue weighted by molar-refractivity contribution is 0.236. The Hall–Kier alpha value is -0.380. The summed E-state index contributed by atoms with van der Waals surface area (Å²) in [5.74, 6) is 1.03. The van der Waals surface area contributed by atoms with E-state index in [1.807, 2.05) is 0 Å². The summed E-state index contributed by atoms with van der Waals surface area (Å²) in [5.41, 5.74) is 4.96. The van der Waals surface area contributed by atoms with Crippen molar-refractivity contribution >= 4 is 18.0 Å². The van der Waals surface area contributed by atoms with E-state index >= 15 is 0 Å². The number of rotatable bonds is 0. The minimum absolute atomic E-state index is 0.312. The Morgan fingerprint density at radius 1 is 1.75 bits per heavy atom. The minimum atomic E-state index is -0.312. The largest absolute Gasteiger partial charge is 0.351 e. The molecule has 8 heavy (non-hydrogen) atoms. The molecule has 4 heteroatoms. The second kappa shape index (κ2) is 2.26. The molecule has 0 unspecified atom stereocenters. The van der Waals surface area contributed by atoms with Crippen LogP contribution >= 0.6 is 11.9 Å². The molecule has 1 aliphatic rings. The van der Waals surface area contributed by atoms with Crippen molar-refractivity contribution in [3.05, 3.63) is 0 Å². The van der Waals surface area contributed by atoms with Gasteiger partial charge in [-0.2, -0.15) is 0 Å². The van der Waals surface area contributed by atoms with Gasteiger partial charge in [-0.25, -0.2) is 4.79 Å². The number of amides is 2. The van der Waals surface area contributed by atoms with Crippen LogP contribution in [0.15, 0.2) is 0 Å². The molecule has 1 rings (SSSR count). The fourth-order valence-corrected chi connectivity index (χ4v) is 1.49. The Morgan fingerprint density at radius 2 is 2.50 bits per heavy atom. The Bertz CT molecular complexity index is 100. The predicted octanol–water partition coefficient (Wildman–Crippen LogP) is 0.419. The van der Waals surface area contributed by atoms with Gasteiger partial charge in [0.2, 0.25) is 0 Å². The normalized spacial score (nSPS) is 19.2. The molecule has 0 atom stereocenters. The number of primary amides is 1. The van der Waals surface area contributed by atoms with E-state index in [0.29, 0.717) is 0 Å². The maximum absolute atomic E-state index is 10.3. The molecule has 1 fully saturated rings. The summed E-state index contributed by atoms with van der Waals surface area (Å²) in [4.78, 5) is 10.3. The smallest absolute Gasteiger partial charge is 0.324 e. The van der Waals surface area contributed by atoms with Gasteiger partial charge in [-0.1, -0.05) is 0 Å². The molecule has 0 saturated carbocycles. The van der Waals surface area contributed by atoms with Gasteiger partial charge in [0.1, 0.15) is 0 Å². The Labute approximate surface area is 52.3 Å². The molecular weight excluding hydrogens is 124 g/mol. The molecule has 0 aliphatic carbocycles. The standard InChI is InChI=1S/C4H8N2OS/c5-4(7)6-2-1-3-8-6/h1-3H2,(H2,5,7). The van der Waals surface area contributed by atoms with Gasteiger partial charge >= 0.3 is 6.03 Å². The van der Waals surface area contributed by atoms with Gasteiger partial charge in [0, 0.05) is 12.3 Å². The maximum atomic E-state index is 10.3. The van der Waals surface area contributed by atoms with Gasteiger partial charge in [0.15, 0.2) is 0 Å². The van der Waals surface area contributed by atoms with Crippen LogP contribution in [-0.4, -0.2) is 22.6 Å². The van der Waals surface area contributed by atoms with Crippen molar-refractivity contribution in [1.29, 1.82) is 0 Å². The van der Waals surface area contributed by atoms with Gasteiger partial charge in [-0.3, -0.25) is 4.31 Å². The minimum Gasteiger partial charge on any atom is -0.351 e. The highest BCUT2D eigenvalue weighted by atomic mass is 32.2. The maximum Gasteiger partial charge on any atom is 0.324 e. The van der Waals surface area contributed by atoms with Gasteiger partial charge in [0.25, 0.3) is 0 Å². The molecule has 1 heterocycles. The second-order valence-electron chi connectivity index (χ2n) is 1.63. The van der Waals surface area contributed by atoms with E-state index in [2.05, 4.69) is 0 Å². The van der Waals surface area contributed by atoms with Gasteiger partial charge in [-0.15, -0.1) is 0 Å². The van der Waals surface area contributed by atoms with Crippen molar-refractivity contribution in [2.45, 2.75) is 6.42 Å². The molecule has 2 amide bonds. The van der Waals surface area contributed by atoms with Crippen molar-refractivity contribution in [1.82, 2.24) is 4.31 Å². The quantitative estimate of drug-likeness (QED) is 0.485. The number of nitrogens with two attached hydrogens (primary N) is 1. The highest BCUT2D eigenvalue weighted by molar-refractivity contribution is 7.97. The molecule has 1 aliphatic heterocycles. The number of nitrogens with zero attached hydrogens (tertiary/aromatic N) is 1. The topological polar surface area (TPSA) is 46.3 Å². The third kappa shape index (κ3) is 1.06. The third-order valence-corrected chi connectivity index (χ3v) is 2.14. The van der Waals surface area contributed by atoms with Crippen molar-refractivity contribution in [3.8, 4) is 0 Å². The molecule has 0 aromatic rings. The fourth-order valence-electron chi connectivity index (χ4n) is 0.621. The van der Waals surface area contributed by atoms with E-state index in [9.17, 15) is 4.79 Å². The summed E-state index contributed by atoms with van der Waals surface area (Å²) in [6.45, 7) is 0.819. The molecule has 0 aromatic carbocycles. The van der Waals surface area contributed by atoms with Crippen molar-refractivity contribution < 1.29 is 4.79 Å². The monoisotopic (exact) mass is 132 g/mol. The Kier molecular flexibility index (Phi) is 1.62. The molecule has 0 bridgehead atoms. The Morgan fingerprint density at radius 3 is 2.75 bits per heavy atom. The predicted molar refractivity (Wildman–Crippen MR) is 33.4 cm³/mol. The lowest BCUT2D eigenvalue weighted by atomic mass is 10.5. The van der Waals surface area contributed by atoms with E-state index in [1.165, 1.54) is 11.9 Å². The molecule has 2 N–H and O–H groups in total. The summed E-state index contributed by atoms with van der Waals surface area (Å²) in [5, 5.41) is 0. The zero-order chi connectivity index (χ0) is 5.98. The number of urea groups is 1. The summed E-state index contributed by atoms with van der Waals surface area (Å²) in [6.07, 6.45) is 1.08.